The van der Waals surface area contributed by atoms with E-state index in [1.165, 1.54) is 11.8 Å². The van der Waals surface area contributed by atoms with Crippen LogP contribution in [0.5, 0.6) is 0 Å². The minimum atomic E-state index is -3.78. The van der Waals surface area contributed by atoms with Crippen LogP contribution >= 0.6 is 30.8 Å². The van der Waals surface area contributed by atoms with Crippen LogP contribution in [0.1, 0.15) is 18.2 Å². The number of thiol groups is 1. The van der Waals surface area contributed by atoms with Gasteiger partial charge in [0.05, 0.1) is 6.61 Å². The van der Waals surface area contributed by atoms with Crippen LogP contribution in [0.3, 0.4) is 0 Å². The minimum Gasteiger partial charge on any atom is -0.369 e. The summed E-state index contributed by atoms with van der Waals surface area (Å²) in [6.45, 7) is -3.67. The molecule has 0 saturated carbocycles. The first-order valence-electron chi connectivity index (χ1n) is 6.30. The number of anilines is 1. The highest BCUT2D eigenvalue weighted by Gasteiger charge is 2.31. The fourth-order valence-electron chi connectivity index (χ4n) is 2.22. The molecule has 0 spiro atoms. The Morgan fingerprint density at radius 1 is 1.59 bits per heavy atom. The molecule has 120 valence electrons. The number of rotatable bonds is 4. The van der Waals surface area contributed by atoms with E-state index >= 15 is 0 Å². The third kappa shape index (κ3) is 3.30. The molecule has 1 saturated heterocycles. The Hall–Kier alpha value is -1.07. The molecule has 13 heteroatoms. The van der Waals surface area contributed by atoms with Crippen LogP contribution in [-0.4, -0.2) is 41.7 Å². The molecule has 0 amide bonds. The number of hydrogen-bond donors (Lipinski definition) is 4. The molecule has 1 aliphatic heterocycles. The molecule has 2 aromatic heterocycles. The zero-order valence-electron chi connectivity index (χ0n) is 11.1. The molecule has 0 bridgehead atoms. The number of nitrogens with one attached hydrogen (secondary N) is 1. The van der Waals surface area contributed by atoms with Crippen molar-refractivity contribution in [3.05, 3.63) is 10.4 Å². The molecule has 3 atom stereocenters. The highest BCUT2D eigenvalue weighted by Crippen LogP contribution is 2.49. The Labute approximate surface area is 133 Å². The molecule has 1 fully saturated rings. The number of nitrogen functional groups attached to an aromatic ring is 1. The molecule has 1 unspecified atom stereocenters. The molecule has 1 aliphatic rings. The molecule has 3 heterocycles. The van der Waals surface area contributed by atoms with Gasteiger partial charge in [-0.05, 0) is 12.8 Å². The molecular formula is C9H13N6O4PS2. The van der Waals surface area contributed by atoms with E-state index in [1.54, 1.807) is 4.68 Å². The van der Waals surface area contributed by atoms with Crippen molar-refractivity contribution in [2.45, 2.75) is 23.5 Å². The Balaban J connectivity index is 1.79. The summed E-state index contributed by atoms with van der Waals surface area (Å²) in [5.74, 6) is 0.000207. The lowest BCUT2D eigenvalue weighted by molar-refractivity contribution is 0.275. The van der Waals surface area contributed by atoms with Crippen LogP contribution in [0.2, 0.25) is 0 Å². The predicted octanol–water partition coefficient (Wildman–Crippen LogP) is 0.538. The third-order valence-corrected chi connectivity index (χ3v) is 5.48. The van der Waals surface area contributed by atoms with E-state index in [4.69, 9.17) is 15.2 Å². The molecule has 0 aliphatic carbocycles. The van der Waals surface area contributed by atoms with Crippen LogP contribution in [0.25, 0.3) is 11.2 Å². The number of aromatic nitrogens is 5. The first-order valence-corrected chi connectivity index (χ1v) is 9.97. The van der Waals surface area contributed by atoms with Crippen LogP contribution < -0.4 is 11.3 Å². The summed E-state index contributed by atoms with van der Waals surface area (Å²) in [4.78, 5) is 27.2. The van der Waals surface area contributed by atoms with E-state index in [2.05, 4.69) is 32.5 Å². The van der Waals surface area contributed by atoms with Gasteiger partial charge >= 0.3 is 6.80 Å². The van der Waals surface area contributed by atoms with Gasteiger partial charge in [-0.3, -0.25) is 14.3 Å². The quantitative estimate of drug-likeness (QED) is 0.450. The van der Waals surface area contributed by atoms with Gasteiger partial charge in [0.15, 0.2) is 11.2 Å². The Bertz CT molecular complexity index is 803. The largest absolute Gasteiger partial charge is 0.383 e. The molecule has 0 aromatic carbocycles. The van der Waals surface area contributed by atoms with E-state index in [0.29, 0.717) is 5.65 Å². The Kier molecular flexibility index (Phi) is 4.21. The van der Waals surface area contributed by atoms with Crippen molar-refractivity contribution in [1.29, 1.82) is 0 Å². The van der Waals surface area contributed by atoms with Crippen LogP contribution in [0.4, 0.5) is 5.95 Å². The Morgan fingerprint density at radius 2 is 2.36 bits per heavy atom. The first kappa shape index (κ1) is 15.8. The Morgan fingerprint density at radius 3 is 3.09 bits per heavy atom. The van der Waals surface area contributed by atoms with Crippen LogP contribution in [0.15, 0.2) is 4.79 Å². The molecule has 4 N–H and O–H groups in total. The maximum absolute atomic E-state index is 11.7. The smallest absolute Gasteiger partial charge is 0.369 e. The average Bonchev–Trinajstić information content (AvgIpc) is 3.01. The third-order valence-electron chi connectivity index (χ3n) is 3.14. The number of H-pyrrole nitrogens is 1. The zero-order valence-corrected chi connectivity index (χ0v) is 13.7. The van der Waals surface area contributed by atoms with Crippen LogP contribution in [0, 0.1) is 0 Å². The minimum absolute atomic E-state index is 0.000207. The summed E-state index contributed by atoms with van der Waals surface area (Å²) >= 11 is 4.98. The summed E-state index contributed by atoms with van der Waals surface area (Å²) in [7, 11) is 0. The van der Waals surface area contributed by atoms with Crippen molar-refractivity contribution in [2.24, 2.45) is 0 Å². The summed E-state index contributed by atoms with van der Waals surface area (Å²) in [6, 6.07) is 0. The molecule has 22 heavy (non-hydrogen) atoms. The highest BCUT2D eigenvalue weighted by atomic mass is 32.7. The first-order chi connectivity index (χ1) is 10.3. The van der Waals surface area contributed by atoms with E-state index in [1.807, 2.05) is 0 Å². The van der Waals surface area contributed by atoms with Gasteiger partial charge < -0.3 is 10.6 Å². The fraction of sp³-hybridized carbons (Fsp3) is 0.556. The number of hydrogen-bond acceptors (Lipinski definition) is 8. The number of fused-ring (bicyclic) bond motifs is 1. The SMILES string of the molecule is Nc1nc2c(nnn2[C@H]2CC[C@@H](COP(=O)(O)S)S2)c(=O)[nH]1. The second-order valence-corrected chi connectivity index (χ2v) is 8.97. The predicted molar refractivity (Wildman–Crippen MR) is 84.8 cm³/mol. The van der Waals surface area contributed by atoms with Crippen molar-refractivity contribution in [3.63, 3.8) is 0 Å². The molecular weight excluding hydrogens is 351 g/mol. The topological polar surface area (TPSA) is 149 Å². The van der Waals surface area contributed by atoms with Crippen LogP contribution in [-0.2, 0) is 9.09 Å². The van der Waals surface area contributed by atoms with Gasteiger partial charge in [-0.25, -0.2) is 9.25 Å². The van der Waals surface area contributed by atoms with Crippen molar-refractivity contribution in [3.8, 4) is 0 Å². The summed E-state index contributed by atoms with van der Waals surface area (Å²) in [5.41, 5.74) is 5.56. The van der Waals surface area contributed by atoms with Gasteiger partial charge in [-0.2, -0.15) is 4.98 Å². The van der Waals surface area contributed by atoms with Gasteiger partial charge in [0.25, 0.3) is 5.56 Å². The lowest BCUT2D eigenvalue weighted by Gasteiger charge is -2.12. The van der Waals surface area contributed by atoms with Gasteiger partial charge in [-0.15, -0.1) is 16.9 Å². The molecule has 3 rings (SSSR count). The number of thioether (sulfide) groups is 1. The van der Waals surface area contributed by atoms with Gasteiger partial charge in [0.1, 0.15) is 5.37 Å². The summed E-state index contributed by atoms with van der Waals surface area (Å²) < 4.78 is 17.4. The van der Waals surface area contributed by atoms with Crippen molar-refractivity contribution in [1.82, 2.24) is 25.0 Å². The zero-order chi connectivity index (χ0) is 15.9. The summed E-state index contributed by atoms with van der Waals surface area (Å²) in [5, 5.41) is 7.73. The highest BCUT2D eigenvalue weighted by molar-refractivity contribution is 8.44. The lowest BCUT2D eigenvalue weighted by atomic mass is 10.2. The fourth-order valence-corrected chi connectivity index (χ4v) is 4.29. The van der Waals surface area contributed by atoms with E-state index in [9.17, 15) is 9.36 Å². The summed E-state index contributed by atoms with van der Waals surface area (Å²) in [6.07, 6.45) is 1.51. The lowest BCUT2D eigenvalue weighted by Crippen LogP contribution is -2.13. The van der Waals surface area contributed by atoms with Gasteiger partial charge in [-0.1, -0.05) is 17.5 Å². The standard InChI is InChI=1S/C9H13N6O4PS2/c10-9-11-7-6(8(16)12-9)13-14-15(7)5-2-1-4(22-5)3-19-20(17,18)21/h4-5H,1-3H2,(H2,17,18,21)(H3,10,11,12,16)/t4-,5+/m0/s1. The number of nitrogens with two attached hydrogens (primary N) is 1. The van der Waals surface area contributed by atoms with Crippen molar-refractivity contribution in [2.75, 3.05) is 12.3 Å². The van der Waals surface area contributed by atoms with Crippen molar-refractivity contribution >= 4 is 47.9 Å². The monoisotopic (exact) mass is 364 g/mol. The van der Waals surface area contributed by atoms with E-state index in [-0.39, 0.29) is 28.7 Å². The second kappa shape index (κ2) is 5.85. The molecule has 0 radical (unpaired) electrons. The van der Waals surface area contributed by atoms with Gasteiger partial charge in [0.2, 0.25) is 5.95 Å². The number of nitrogens with zero attached hydrogens (tertiary/aromatic N) is 4. The molecule has 10 nitrogen and oxygen atoms in total. The maximum Gasteiger partial charge on any atom is 0.383 e. The average molecular weight is 364 g/mol. The normalized spacial score (nSPS) is 24.6. The van der Waals surface area contributed by atoms with E-state index in [0.717, 1.165) is 12.8 Å². The van der Waals surface area contributed by atoms with Gasteiger partial charge in [0, 0.05) is 5.25 Å². The van der Waals surface area contributed by atoms with Crippen molar-refractivity contribution < 1.29 is 14.0 Å². The second-order valence-electron chi connectivity index (χ2n) is 4.73. The maximum atomic E-state index is 11.7. The van der Waals surface area contributed by atoms with E-state index < -0.39 is 12.4 Å². The molecule has 2 aromatic rings. The number of aromatic amines is 1.